The molecule has 1 aliphatic heterocycles. The van der Waals surface area contributed by atoms with Crippen LogP contribution in [0.1, 0.15) is 24.3 Å². The van der Waals surface area contributed by atoms with Gasteiger partial charge in [0.15, 0.2) is 0 Å². The molecule has 2 nitrogen and oxygen atoms in total. The smallest absolute Gasteiger partial charge is 0.414 e. The lowest BCUT2D eigenvalue weighted by atomic mass is 9.88. The van der Waals surface area contributed by atoms with Crippen molar-refractivity contribution in [1.82, 2.24) is 0 Å². The normalized spacial score (nSPS) is 21.5. The van der Waals surface area contributed by atoms with Crippen LogP contribution >= 0.6 is 0 Å². The average molecular weight is 246 g/mol. The van der Waals surface area contributed by atoms with Gasteiger partial charge in [0.25, 0.3) is 0 Å². The number of rotatable bonds is 2. The molecule has 0 aliphatic carbocycles. The van der Waals surface area contributed by atoms with Crippen LogP contribution in [0, 0.1) is 0 Å². The van der Waals surface area contributed by atoms with Gasteiger partial charge in [0.1, 0.15) is 11.9 Å². The van der Waals surface area contributed by atoms with E-state index < -0.39 is 12.3 Å². The fourth-order valence-corrected chi connectivity index (χ4v) is 2.06. The van der Waals surface area contributed by atoms with E-state index in [1.807, 2.05) is 0 Å². The maximum Gasteiger partial charge on any atom is 0.414 e. The van der Waals surface area contributed by atoms with Crippen molar-refractivity contribution in [3.63, 3.8) is 0 Å². The zero-order chi connectivity index (χ0) is 12.5. The van der Waals surface area contributed by atoms with Gasteiger partial charge in [-0.3, -0.25) is 0 Å². The molecular formula is C12H13F3O2. The number of para-hydroxylation sites is 1. The maximum absolute atomic E-state index is 12.3. The van der Waals surface area contributed by atoms with E-state index in [4.69, 9.17) is 9.84 Å². The summed E-state index contributed by atoms with van der Waals surface area (Å²) in [5, 5.41) is 9.10. The molecule has 5 heteroatoms. The van der Waals surface area contributed by atoms with Crippen LogP contribution in [-0.4, -0.2) is 24.0 Å². The molecule has 2 unspecified atom stereocenters. The molecule has 0 aromatic heterocycles. The molecular weight excluding hydrogens is 233 g/mol. The summed E-state index contributed by atoms with van der Waals surface area (Å²) in [6, 6.07) is 7.03. The number of aliphatic hydroxyl groups excluding tert-OH is 1. The van der Waals surface area contributed by atoms with Gasteiger partial charge in [-0.25, -0.2) is 0 Å². The quantitative estimate of drug-likeness (QED) is 0.869. The van der Waals surface area contributed by atoms with Crippen molar-refractivity contribution in [1.29, 1.82) is 0 Å². The number of hydrogen-bond donors (Lipinski definition) is 1. The number of hydrogen-bond acceptors (Lipinski definition) is 2. The van der Waals surface area contributed by atoms with Crippen LogP contribution in [0.2, 0.25) is 0 Å². The third kappa shape index (κ3) is 2.72. The predicted octanol–water partition coefficient (Wildman–Crippen LogP) is 2.87. The minimum atomic E-state index is -4.55. The summed E-state index contributed by atoms with van der Waals surface area (Å²) in [6.07, 6.45) is -6.61. The molecule has 94 valence electrons. The number of fused-ring (bicyclic) bond motifs is 1. The molecule has 0 bridgehead atoms. The van der Waals surface area contributed by atoms with Crippen LogP contribution in [-0.2, 0) is 0 Å². The Bertz CT molecular complexity index is 390. The van der Waals surface area contributed by atoms with Crippen molar-refractivity contribution >= 4 is 0 Å². The van der Waals surface area contributed by atoms with E-state index in [1.54, 1.807) is 24.3 Å². The highest BCUT2D eigenvalue weighted by Gasteiger charge is 2.40. The van der Waals surface area contributed by atoms with Crippen molar-refractivity contribution in [2.45, 2.75) is 31.0 Å². The second kappa shape index (κ2) is 4.56. The molecule has 1 aromatic rings. The van der Waals surface area contributed by atoms with Gasteiger partial charge in [-0.05, 0) is 30.4 Å². The van der Waals surface area contributed by atoms with Gasteiger partial charge in [-0.2, -0.15) is 13.2 Å². The molecule has 1 N–H and O–H groups in total. The monoisotopic (exact) mass is 246 g/mol. The lowest BCUT2D eigenvalue weighted by Gasteiger charge is -2.28. The highest BCUT2D eigenvalue weighted by atomic mass is 19.4. The Kier molecular flexibility index (Phi) is 3.28. The molecule has 2 atom stereocenters. The largest absolute Gasteiger partial charge is 0.493 e. The van der Waals surface area contributed by atoms with Crippen LogP contribution in [0.5, 0.6) is 5.75 Å². The summed E-state index contributed by atoms with van der Waals surface area (Å²) in [5.74, 6) is 0.328. The van der Waals surface area contributed by atoms with Gasteiger partial charge in [-0.15, -0.1) is 0 Å². The van der Waals surface area contributed by atoms with Gasteiger partial charge in [0.05, 0.1) is 6.61 Å². The molecule has 17 heavy (non-hydrogen) atoms. The van der Waals surface area contributed by atoms with Crippen LogP contribution in [0.25, 0.3) is 0 Å². The summed E-state index contributed by atoms with van der Waals surface area (Å²) in [6.45, 7) is 0.395. The SMILES string of the molecule is OC(CC1CCOc2ccccc21)C(F)(F)F. The van der Waals surface area contributed by atoms with Gasteiger partial charge < -0.3 is 9.84 Å². The molecule has 0 saturated heterocycles. The first-order valence-corrected chi connectivity index (χ1v) is 5.45. The first-order chi connectivity index (χ1) is 7.98. The molecule has 0 spiro atoms. The Hall–Kier alpha value is -1.23. The molecule has 2 rings (SSSR count). The fourth-order valence-electron chi connectivity index (χ4n) is 2.06. The topological polar surface area (TPSA) is 29.5 Å². The first-order valence-electron chi connectivity index (χ1n) is 5.45. The third-order valence-electron chi connectivity index (χ3n) is 2.97. The molecule has 1 heterocycles. The van der Waals surface area contributed by atoms with E-state index in [0.29, 0.717) is 18.8 Å². The fraction of sp³-hybridized carbons (Fsp3) is 0.500. The van der Waals surface area contributed by atoms with Crippen molar-refractivity contribution in [3.05, 3.63) is 29.8 Å². The van der Waals surface area contributed by atoms with Crippen LogP contribution in [0.4, 0.5) is 13.2 Å². The molecule has 1 aromatic carbocycles. The Balaban J connectivity index is 2.14. The van der Waals surface area contributed by atoms with E-state index in [9.17, 15) is 13.2 Å². The van der Waals surface area contributed by atoms with Crippen molar-refractivity contribution in [3.8, 4) is 5.75 Å². The van der Waals surface area contributed by atoms with E-state index >= 15 is 0 Å². The molecule has 0 fully saturated rings. The van der Waals surface area contributed by atoms with Crippen LogP contribution < -0.4 is 4.74 Å². The lowest BCUT2D eigenvalue weighted by Crippen LogP contribution is -2.31. The highest BCUT2D eigenvalue weighted by molar-refractivity contribution is 5.37. The zero-order valence-electron chi connectivity index (χ0n) is 9.07. The number of aliphatic hydroxyl groups is 1. The van der Waals surface area contributed by atoms with E-state index in [2.05, 4.69) is 0 Å². The number of ether oxygens (including phenoxy) is 1. The second-order valence-corrected chi connectivity index (χ2v) is 4.16. The molecule has 0 saturated carbocycles. The minimum absolute atomic E-state index is 0.295. The van der Waals surface area contributed by atoms with Crippen molar-refractivity contribution in [2.75, 3.05) is 6.61 Å². The summed E-state index contributed by atoms with van der Waals surface area (Å²) in [5.41, 5.74) is 0.752. The van der Waals surface area contributed by atoms with Crippen molar-refractivity contribution in [2.24, 2.45) is 0 Å². The second-order valence-electron chi connectivity index (χ2n) is 4.16. The van der Waals surface area contributed by atoms with Crippen LogP contribution in [0.3, 0.4) is 0 Å². The standard InChI is InChI=1S/C12H13F3O2/c13-12(14,15)11(16)7-8-5-6-17-10-4-2-1-3-9(8)10/h1-4,8,11,16H,5-7H2. The van der Waals surface area contributed by atoms with E-state index in [-0.39, 0.29) is 12.3 Å². The van der Waals surface area contributed by atoms with Gasteiger partial charge in [0.2, 0.25) is 0 Å². The van der Waals surface area contributed by atoms with Crippen molar-refractivity contribution < 1.29 is 23.0 Å². The molecule has 0 amide bonds. The van der Waals surface area contributed by atoms with E-state index in [0.717, 1.165) is 5.56 Å². The summed E-state index contributed by atoms with van der Waals surface area (Å²) < 4.78 is 42.3. The Morgan fingerprint density at radius 1 is 1.35 bits per heavy atom. The summed E-state index contributed by atoms with van der Waals surface area (Å²) in [7, 11) is 0. The summed E-state index contributed by atoms with van der Waals surface area (Å²) >= 11 is 0. The Labute approximate surface area is 97.0 Å². The minimum Gasteiger partial charge on any atom is -0.493 e. The Morgan fingerprint density at radius 2 is 2.06 bits per heavy atom. The Morgan fingerprint density at radius 3 is 2.76 bits per heavy atom. The highest BCUT2D eigenvalue weighted by Crippen LogP contribution is 2.38. The number of benzene rings is 1. The van der Waals surface area contributed by atoms with Crippen LogP contribution in [0.15, 0.2) is 24.3 Å². The number of alkyl halides is 3. The third-order valence-corrected chi connectivity index (χ3v) is 2.97. The van der Waals surface area contributed by atoms with Gasteiger partial charge in [-0.1, -0.05) is 18.2 Å². The van der Waals surface area contributed by atoms with E-state index in [1.165, 1.54) is 0 Å². The zero-order valence-corrected chi connectivity index (χ0v) is 9.07. The maximum atomic E-state index is 12.3. The first kappa shape index (κ1) is 12.2. The van der Waals surface area contributed by atoms with Gasteiger partial charge in [0, 0.05) is 0 Å². The summed E-state index contributed by atoms with van der Waals surface area (Å²) in [4.78, 5) is 0. The average Bonchev–Trinajstić information content (AvgIpc) is 2.28. The predicted molar refractivity (Wildman–Crippen MR) is 56.0 cm³/mol. The van der Waals surface area contributed by atoms with Gasteiger partial charge >= 0.3 is 6.18 Å². The molecule has 1 aliphatic rings. The number of halogens is 3. The molecule has 0 radical (unpaired) electrons. The lowest BCUT2D eigenvalue weighted by molar-refractivity contribution is -0.207.